The van der Waals surface area contributed by atoms with E-state index in [1.165, 1.54) is 0 Å². The molecule has 4 rings (SSSR count). The summed E-state index contributed by atoms with van der Waals surface area (Å²) in [6.45, 7) is 11.2. The van der Waals surface area contributed by atoms with Crippen molar-refractivity contribution in [3.05, 3.63) is 42.5 Å². The molecule has 0 bridgehead atoms. The van der Waals surface area contributed by atoms with E-state index in [0.29, 0.717) is 26.2 Å². The number of morpholine rings is 1. The molecule has 2 amide bonds. The highest BCUT2D eigenvalue weighted by molar-refractivity contribution is 5.85. The number of carbonyl (C=O) groups is 2. The molecular formula is C27H38N6O3. The number of hydrogen-bond acceptors (Lipinski definition) is 7. The Morgan fingerprint density at radius 2 is 1.72 bits per heavy atom. The van der Waals surface area contributed by atoms with Crippen LogP contribution in [-0.2, 0) is 14.3 Å². The summed E-state index contributed by atoms with van der Waals surface area (Å²) in [5, 5.41) is 8.87. The van der Waals surface area contributed by atoms with E-state index in [4.69, 9.17) is 4.74 Å². The van der Waals surface area contributed by atoms with Gasteiger partial charge in [0, 0.05) is 63.8 Å². The average molecular weight is 495 g/mol. The van der Waals surface area contributed by atoms with Crippen LogP contribution < -0.4 is 4.90 Å². The van der Waals surface area contributed by atoms with Crippen molar-refractivity contribution in [1.82, 2.24) is 24.9 Å². The van der Waals surface area contributed by atoms with Crippen molar-refractivity contribution in [2.45, 2.75) is 20.3 Å². The van der Waals surface area contributed by atoms with Crippen LogP contribution in [-0.4, -0.2) is 109 Å². The summed E-state index contributed by atoms with van der Waals surface area (Å²) in [7, 11) is 0. The van der Waals surface area contributed by atoms with Crippen LogP contribution in [0.2, 0.25) is 0 Å². The normalized spacial score (nSPS) is 17.2. The lowest BCUT2D eigenvalue weighted by Crippen LogP contribution is -2.48. The molecule has 9 nitrogen and oxygen atoms in total. The zero-order valence-electron chi connectivity index (χ0n) is 21.5. The number of anilines is 1. The van der Waals surface area contributed by atoms with Gasteiger partial charge in [-0.15, -0.1) is 10.2 Å². The van der Waals surface area contributed by atoms with Crippen molar-refractivity contribution in [2.24, 2.45) is 5.92 Å². The van der Waals surface area contributed by atoms with Gasteiger partial charge in [-0.3, -0.25) is 14.5 Å². The number of benzene rings is 1. The molecule has 0 unspecified atom stereocenters. The van der Waals surface area contributed by atoms with Crippen molar-refractivity contribution in [3.63, 3.8) is 0 Å². The molecule has 194 valence electrons. The monoisotopic (exact) mass is 494 g/mol. The van der Waals surface area contributed by atoms with Gasteiger partial charge in [0.05, 0.1) is 25.5 Å². The largest absolute Gasteiger partial charge is 0.379 e. The van der Waals surface area contributed by atoms with E-state index < -0.39 is 0 Å². The Kier molecular flexibility index (Phi) is 9.24. The van der Waals surface area contributed by atoms with Gasteiger partial charge < -0.3 is 19.4 Å². The van der Waals surface area contributed by atoms with E-state index in [1.54, 1.807) is 4.90 Å². The van der Waals surface area contributed by atoms with Crippen LogP contribution >= 0.6 is 0 Å². The second-order valence-corrected chi connectivity index (χ2v) is 9.73. The number of hydrogen-bond donors (Lipinski definition) is 0. The third-order valence-corrected chi connectivity index (χ3v) is 6.81. The van der Waals surface area contributed by atoms with Gasteiger partial charge in [0.25, 0.3) is 0 Å². The van der Waals surface area contributed by atoms with E-state index in [9.17, 15) is 9.59 Å². The third-order valence-electron chi connectivity index (χ3n) is 6.81. The minimum Gasteiger partial charge on any atom is -0.379 e. The van der Waals surface area contributed by atoms with Gasteiger partial charge in [-0.1, -0.05) is 44.2 Å². The quantitative estimate of drug-likeness (QED) is 0.555. The lowest BCUT2D eigenvalue weighted by atomic mass is 10.1. The lowest BCUT2D eigenvalue weighted by Gasteiger charge is -2.32. The number of rotatable bonds is 8. The number of amides is 2. The third kappa shape index (κ3) is 7.01. The lowest BCUT2D eigenvalue weighted by molar-refractivity contribution is -0.142. The van der Waals surface area contributed by atoms with Gasteiger partial charge in [-0.25, -0.2) is 0 Å². The molecule has 0 N–H and O–H groups in total. The molecule has 0 radical (unpaired) electrons. The zero-order chi connectivity index (χ0) is 25.3. The second kappa shape index (κ2) is 12.8. The maximum atomic E-state index is 13.2. The second-order valence-electron chi connectivity index (χ2n) is 9.73. The highest BCUT2D eigenvalue weighted by atomic mass is 16.5. The van der Waals surface area contributed by atoms with E-state index in [2.05, 4.69) is 20.0 Å². The molecule has 9 heteroatoms. The van der Waals surface area contributed by atoms with Crippen molar-refractivity contribution >= 4 is 17.6 Å². The molecule has 0 aliphatic carbocycles. The van der Waals surface area contributed by atoms with Crippen LogP contribution in [0.25, 0.3) is 11.3 Å². The van der Waals surface area contributed by atoms with Crippen molar-refractivity contribution < 1.29 is 14.3 Å². The Balaban J connectivity index is 1.32. The van der Waals surface area contributed by atoms with Crippen molar-refractivity contribution in [3.8, 4) is 11.3 Å². The van der Waals surface area contributed by atoms with Gasteiger partial charge in [0.15, 0.2) is 5.82 Å². The summed E-state index contributed by atoms with van der Waals surface area (Å²) in [5.41, 5.74) is 1.89. The summed E-state index contributed by atoms with van der Waals surface area (Å²) in [5.74, 6) is 0.728. The molecular weight excluding hydrogens is 456 g/mol. The SMILES string of the molecule is CC(C)C(=O)N(CCN1CCOCC1)CC(=O)N1CCCN(c2ccc(-c3ccccc3)nn2)CC1. The zero-order valence-corrected chi connectivity index (χ0v) is 21.5. The summed E-state index contributed by atoms with van der Waals surface area (Å²) < 4.78 is 5.42. The van der Waals surface area contributed by atoms with E-state index in [1.807, 2.05) is 61.2 Å². The van der Waals surface area contributed by atoms with Crippen LogP contribution in [0.15, 0.2) is 42.5 Å². The predicted octanol–water partition coefficient (Wildman–Crippen LogP) is 2.00. The standard InChI is InChI=1S/C27H38N6O3/c1-22(2)27(35)33(14-13-30-17-19-36-20-18-30)21-26(34)32-12-6-11-31(15-16-32)25-10-9-24(28-29-25)23-7-4-3-5-8-23/h3-5,7-10,22H,6,11-21H2,1-2H3. The number of aromatic nitrogens is 2. The molecule has 0 spiro atoms. The average Bonchev–Trinajstić information content (AvgIpc) is 3.18. The Labute approximate surface area is 214 Å². The maximum Gasteiger partial charge on any atom is 0.242 e. The molecule has 2 saturated heterocycles. The van der Waals surface area contributed by atoms with E-state index in [0.717, 1.165) is 62.9 Å². The highest BCUT2D eigenvalue weighted by Gasteiger charge is 2.26. The topological polar surface area (TPSA) is 82.1 Å². The first-order valence-electron chi connectivity index (χ1n) is 13.0. The molecule has 36 heavy (non-hydrogen) atoms. The molecule has 2 fully saturated rings. The smallest absolute Gasteiger partial charge is 0.242 e. The summed E-state index contributed by atoms with van der Waals surface area (Å²) in [4.78, 5) is 34.2. The molecule has 3 heterocycles. The fourth-order valence-electron chi connectivity index (χ4n) is 4.64. The number of carbonyl (C=O) groups excluding carboxylic acids is 2. The summed E-state index contributed by atoms with van der Waals surface area (Å²) in [6.07, 6.45) is 0.847. The number of ether oxygens (including phenoxy) is 1. The van der Waals surface area contributed by atoms with Crippen molar-refractivity contribution in [1.29, 1.82) is 0 Å². The maximum absolute atomic E-state index is 13.2. The highest BCUT2D eigenvalue weighted by Crippen LogP contribution is 2.19. The van der Waals surface area contributed by atoms with Gasteiger partial charge in [-0.05, 0) is 18.6 Å². The van der Waals surface area contributed by atoms with Gasteiger partial charge in [0.2, 0.25) is 11.8 Å². The molecule has 0 saturated carbocycles. The van der Waals surface area contributed by atoms with Crippen LogP contribution in [0.1, 0.15) is 20.3 Å². The first-order chi connectivity index (χ1) is 17.5. The minimum atomic E-state index is -0.139. The molecule has 2 aliphatic heterocycles. The van der Waals surface area contributed by atoms with Crippen LogP contribution in [0.5, 0.6) is 0 Å². The Morgan fingerprint density at radius 3 is 2.42 bits per heavy atom. The molecule has 0 atom stereocenters. The van der Waals surface area contributed by atoms with E-state index in [-0.39, 0.29) is 24.3 Å². The van der Waals surface area contributed by atoms with Crippen molar-refractivity contribution in [2.75, 3.05) is 77.0 Å². The summed E-state index contributed by atoms with van der Waals surface area (Å²) in [6, 6.07) is 14.0. The first kappa shape index (κ1) is 26.0. The Bertz CT molecular complexity index is 979. The Morgan fingerprint density at radius 1 is 0.944 bits per heavy atom. The Hall–Kier alpha value is -3.04. The molecule has 1 aromatic carbocycles. The van der Waals surface area contributed by atoms with Crippen LogP contribution in [0.4, 0.5) is 5.82 Å². The van der Waals surface area contributed by atoms with Crippen LogP contribution in [0, 0.1) is 5.92 Å². The fraction of sp³-hybridized carbons (Fsp3) is 0.556. The molecule has 2 aliphatic rings. The van der Waals surface area contributed by atoms with Gasteiger partial charge in [0.1, 0.15) is 0 Å². The van der Waals surface area contributed by atoms with Crippen LogP contribution in [0.3, 0.4) is 0 Å². The predicted molar refractivity (Wildman–Crippen MR) is 140 cm³/mol. The van der Waals surface area contributed by atoms with E-state index >= 15 is 0 Å². The van der Waals surface area contributed by atoms with Gasteiger partial charge in [-0.2, -0.15) is 0 Å². The molecule has 1 aromatic heterocycles. The summed E-state index contributed by atoms with van der Waals surface area (Å²) >= 11 is 0. The first-order valence-corrected chi connectivity index (χ1v) is 13.0. The fourth-order valence-corrected chi connectivity index (χ4v) is 4.64. The number of nitrogens with zero attached hydrogens (tertiary/aromatic N) is 6. The molecule has 2 aromatic rings. The minimum absolute atomic E-state index is 0.0123. The van der Waals surface area contributed by atoms with Gasteiger partial charge >= 0.3 is 0 Å².